The fourth-order valence-electron chi connectivity index (χ4n) is 8.28. The van der Waals surface area contributed by atoms with Crippen LogP contribution >= 0.6 is 11.6 Å². The molecule has 11 heteroatoms. The van der Waals surface area contributed by atoms with Gasteiger partial charge in [-0.3, -0.25) is 4.79 Å². The summed E-state index contributed by atoms with van der Waals surface area (Å²) in [6, 6.07) is 11.3. The fraction of sp³-hybridized carbons (Fsp3) is 0.639. The third-order valence-electron chi connectivity index (χ3n) is 11.5. The second-order valence-electron chi connectivity index (χ2n) is 14.4. The highest BCUT2D eigenvalue weighted by Crippen LogP contribution is 2.47. The minimum Gasteiger partial charge on any atom is -0.487 e. The zero-order valence-corrected chi connectivity index (χ0v) is 29.0. The van der Waals surface area contributed by atoms with Crippen molar-refractivity contribution in [1.82, 2.24) is 10.0 Å². The van der Waals surface area contributed by atoms with Crippen LogP contribution in [0.25, 0.3) is 0 Å². The predicted octanol–water partition coefficient (Wildman–Crippen LogP) is 5.69. The SMILES string of the molecule is C[C@@H]1[C@@H](C)CCC[C@@H]([C@H]2O[C@H]3CNC[C@H]3O2)[C@@H]2CC[C@H]2CN2CCCCc3cc(Cl)ccc3COc3ccc(cc32)C(=O)NS1(=O)=O. The molecule has 1 saturated carbocycles. The van der Waals surface area contributed by atoms with Crippen molar-refractivity contribution in [2.45, 2.75) is 95.6 Å². The Balaban J connectivity index is 1.24. The largest absolute Gasteiger partial charge is 0.487 e. The summed E-state index contributed by atoms with van der Waals surface area (Å²) in [7, 11) is -3.90. The maximum absolute atomic E-state index is 13.5. The van der Waals surface area contributed by atoms with Gasteiger partial charge in [-0.1, -0.05) is 31.0 Å². The number of halogens is 1. The second-order valence-corrected chi connectivity index (χ2v) is 16.9. The first-order chi connectivity index (χ1) is 22.7. The van der Waals surface area contributed by atoms with Gasteiger partial charge in [0, 0.05) is 42.7 Å². The molecule has 4 heterocycles. The van der Waals surface area contributed by atoms with Gasteiger partial charge < -0.3 is 24.4 Å². The van der Waals surface area contributed by atoms with Gasteiger partial charge in [-0.15, -0.1) is 0 Å². The summed E-state index contributed by atoms with van der Waals surface area (Å²) in [5, 5.41) is 3.39. The van der Waals surface area contributed by atoms with E-state index in [1.807, 2.05) is 37.3 Å². The number of carbonyl (C=O) groups is 1. The molecule has 4 aliphatic heterocycles. The summed E-state index contributed by atoms with van der Waals surface area (Å²) in [6.07, 6.45) is 7.63. The summed E-state index contributed by atoms with van der Waals surface area (Å²) >= 11 is 6.37. The van der Waals surface area contributed by atoms with Crippen LogP contribution in [0.5, 0.6) is 5.75 Å². The van der Waals surface area contributed by atoms with Crippen molar-refractivity contribution in [2.75, 3.05) is 31.1 Å². The summed E-state index contributed by atoms with van der Waals surface area (Å²) < 4.78 is 48.9. The molecule has 3 fully saturated rings. The average molecular weight is 686 g/mol. The van der Waals surface area contributed by atoms with Gasteiger partial charge in [-0.05, 0) is 111 Å². The predicted molar refractivity (Wildman–Crippen MR) is 182 cm³/mol. The summed E-state index contributed by atoms with van der Waals surface area (Å²) in [6.45, 7) is 7.32. The molecule has 1 amide bonds. The lowest BCUT2D eigenvalue weighted by molar-refractivity contribution is -0.141. The highest BCUT2D eigenvalue weighted by Gasteiger charge is 2.48. The van der Waals surface area contributed by atoms with Crippen molar-refractivity contribution in [3.63, 3.8) is 0 Å². The van der Waals surface area contributed by atoms with Crippen LogP contribution in [0.4, 0.5) is 5.69 Å². The van der Waals surface area contributed by atoms with Crippen LogP contribution < -0.4 is 19.7 Å². The van der Waals surface area contributed by atoms with E-state index < -0.39 is 21.2 Å². The van der Waals surface area contributed by atoms with Gasteiger partial charge >= 0.3 is 0 Å². The third-order valence-corrected chi connectivity index (χ3v) is 13.7. The standard InChI is InChI=1S/C36H48ClN3O6S/c1-22-6-5-8-30(36-45-33-18-38-19-34(33)46-36)29-13-10-26(29)20-40-15-4-3-7-24-16-28(37)12-9-27(24)21-44-32-14-11-25(17-31(32)40)35(41)39-47(42,43)23(22)2/h9,11-12,14,16-17,22-23,26,29-30,33-34,36,38H,3-8,10,13,15,18-21H2,1-2H3,(H,39,41)/t22-,23+,26-,29+,30+,33-,34+,36-/m0/s1. The minimum atomic E-state index is -3.90. The molecule has 1 aliphatic carbocycles. The van der Waals surface area contributed by atoms with Crippen LogP contribution in [0.15, 0.2) is 36.4 Å². The maximum atomic E-state index is 13.5. The molecule has 0 radical (unpaired) electrons. The molecular formula is C36H48ClN3O6S. The van der Waals surface area contributed by atoms with Crippen LogP contribution in [-0.4, -0.2) is 64.3 Å². The molecule has 0 spiro atoms. The lowest BCUT2D eigenvalue weighted by Gasteiger charge is -2.46. The number of hydrogen-bond donors (Lipinski definition) is 2. The Hall–Kier alpha value is -2.37. The Morgan fingerprint density at radius 2 is 1.70 bits per heavy atom. The van der Waals surface area contributed by atoms with Crippen LogP contribution in [0.2, 0.25) is 5.02 Å². The molecule has 0 aromatic heterocycles. The molecule has 2 bridgehead atoms. The molecule has 7 rings (SSSR count). The minimum absolute atomic E-state index is 0.0963. The van der Waals surface area contributed by atoms with E-state index in [1.165, 1.54) is 5.56 Å². The van der Waals surface area contributed by atoms with Gasteiger partial charge in [0.1, 0.15) is 24.6 Å². The van der Waals surface area contributed by atoms with Crippen molar-refractivity contribution in [2.24, 2.45) is 23.7 Å². The fourth-order valence-corrected chi connectivity index (χ4v) is 9.78. The topological polar surface area (TPSA) is 106 Å². The van der Waals surface area contributed by atoms with Crippen molar-refractivity contribution in [1.29, 1.82) is 0 Å². The van der Waals surface area contributed by atoms with E-state index >= 15 is 0 Å². The van der Waals surface area contributed by atoms with Crippen molar-refractivity contribution in [3.05, 3.63) is 58.1 Å². The molecule has 8 atom stereocenters. The maximum Gasteiger partial charge on any atom is 0.264 e. The first kappa shape index (κ1) is 33.1. The van der Waals surface area contributed by atoms with Crippen LogP contribution in [0.1, 0.15) is 80.3 Å². The summed E-state index contributed by atoms with van der Waals surface area (Å²) in [5.41, 5.74) is 3.43. The van der Waals surface area contributed by atoms with E-state index in [1.54, 1.807) is 13.0 Å². The number of amides is 1. The van der Waals surface area contributed by atoms with Crippen LogP contribution in [0, 0.1) is 23.7 Å². The summed E-state index contributed by atoms with van der Waals surface area (Å²) in [4.78, 5) is 15.9. The number of nitrogens with zero attached hydrogens (tertiary/aromatic N) is 1. The van der Waals surface area contributed by atoms with E-state index in [0.717, 1.165) is 93.8 Å². The van der Waals surface area contributed by atoms with Crippen LogP contribution in [-0.2, 0) is 32.5 Å². The molecular weight excluding hydrogens is 638 g/mol. The Kier molecular flexibility index (Phi) is 9.77. The van der Waals surface area contributed by atoms with Crippen molar-refractivity contribution < 1.29 is 27.4 Å². The molecule has 9 nitrogen and oxygen atoms in total. The van der Waals surface area contributed by atoms with Gasteiger partial charge in [0.2, 0.25) is 10.0 Å². The first-order valence-corrected chi connectivity index (χ1v) is 19.5. The number of sulfonamides is 1. The Labute approximate surface area is 284 Å². The lowest BCUT2D eigenvalue weighted by Crippen LogP contribution is -2.45. The normalized spacial score (nSPS) is 34.4. The molecule has 47 heavy (non-hydrogen) atoms. The average Bonchev–Trinajstić information content (AvgIpc) is 3.64. The Morgan fingerprint density at radius 1 is 0.894 bits per heavy atom. The number of nitrogens with one attached hydrogen (secondary N) is 2. The van der Waals surface area contributed by atoms with E-state index in [2.05, 4.69) is 14.9 Å². The number of rotatable bonds is 1. The van der Waals surface area contributed by atoms with Crippen LogP contribution in [0.3, 0.4) is 0 Å². The van der Waals surface area contributed by atoms with E-state index in [0.29, 0.717) is 29.8 Å². The van der Waals surface area contributed by atoms with Gasteiger partial charge in [0.25, 0.3) is 5.91 Å². The molecule has 2 N–H and O–H groups in total. The zero-order valence-electron chi connectivity index (χ0n) is 27.5. The molecule has 256 valence electrons. The van der Waals surface area contributed by atoms with Crippen molar-refractivity contribution in [3.8, 4) is 5.75 Å². The molecule has 2 saturated heterocycles. The smallest absolute Gasteiger partial charge is 0.264 e. The monoisotopic (exact) mass is 685 g/mol. The highest BCUT2D eigenvalue weighted by atomic mass is 35.5. The highest BCUT2D eigenvalue weighted by molar-refractivity contribution is 7.90. The van der Waals surface area contributed by atoms with Gasteiger partial charge in [0.15, 0.2) is 6.29 Å². The number of carbonyl (C=O) groups excluding carboxylic acids is 1. The number of benzene rings is 2. The van der Waals surface area contributed by atoms with Gasteiger partial charge in [-0.25, -0.2) is 13.1 Å². The quantitative estimate of drug-likeness (QED) is 0.395. The van der Waals surface area contributed by atoms with E-state index in [-0.39, 0.29) is 30.3 Å². The molecule has 0 unspecified atom stereocenters. The Bertz CT molecular complexity index is 1560. The zero-order chi connectivity index (χ0) is 32.7. The number of hydrogen-bond acceptors (Lipinski definition) is 8. The lowest BCUT2D eigenvalue weighted by atomic mass is 9.65. The van der Waals surface area contributed by atoms with Gasteiger partial charge in [0.05, 0.1) is 10.9 Å². The van der Waals surface area contributed by atoms with E-state index in [4.69, 9.17) is 25.8 Å². The number of ether oxygens (including phenoxy) is 3. The second kappa shape index (κ2) is 13.9. The Morgan fingerprint density at radius 3 is 2.47 bits per heavy atom. The third kappa shape index (κ3) is 7.04. The van der Waals surface area contributed by atoms with E-state index in [9.17, 15) is 13.2 Å². The van der Waals surface area contributed by atoms with Crippen molar-refractivity contribution >= 4 is 33.2 Å². The number of fused-ring (bicyclic) bond motifs is 4. The molecule has 5 aliphatic rings. The molecule has 2 aromatic carbocycles. The molecule has 2 aromatic rings. The number of anilines is 1. The first-order valence-electron chi connectivity index (χ1n) is 17.5. The van der Waals surface area contributed by atoms with Gasteiger partial charge in [-0.2, -0.15) is 0 Å². The summed E-state index contributed by atoms with van der Waals surface area (Å²) in [5.74, 6) is 1.10. The number of aryl methyl sites for hydroxylation is 1.